The van der Waals surface area contributed by atoms with Crippen LogP contribution in [0, 0.1) is 0 Å². The van der Waals surface area contributed by atoms with Gasteiger partial charge < -0.3 is 5.32 Å². The summed E-state index contributed by atoms with van der Waals surface area (Å²) in [5.74, 6) is 1.40. The van der Waals surface area contributed by atoms with Crippen molar-refractivity contribution in [1.29, 1.82) is 0 Å². The van der Waals surface area contributed by atoms with Crippen LogP contribution in [-0.2, 0) is 11.3 Å². The second-order valence-corrected chi connectivity index (χ2v) is 9.15. The molecule has 7 heteroatoms. The molecule has 0 saturated heterocycles. The van der Waals surface area contributed by atoms with Gasteiger partial charge >= 0.3 is 0 Å². The van der Waals surface area contributed by atoms with Crippen LogP contribution in [0.15, 0.2) is 83.3 Å². The van der Waals surface area contributed by atoms with E-state index in [1.54, 1.807) is 11.3 Å². The average Bonchev–Trinajstić information content (AvgIpc) is 3.47. The molecule has 0 aliphatic rings. The highest BCUT2D eigenvalue weighted by molar-refractivity contribution is 7.99. The summed E-state index contributed by atoms with van der Waals surface area (Å²) >= 11 is 3.06. The van der Waals surface area contributed by atoms with Gasteiger partial charge in [-0.2, -0.15) is 0 Å². The van der Waals surface area contributed by atoms with Crippen molar-refractivity contribution in [2.75, 3.05) is 12.3 Å². The Bertz CT molecular complexity index is 1100. The molecule has 0 saturated carbocycles. The lowest BCUT2D eigenvalue weighted by Gasteiger charge is -2.13. The minimum Gasteiger partial charge on any atom is -0.355 e. The lowest BCUT2D eigenvalue weighted by Crippen LogP contribution is -2.29. The summed E-state index contributed by atoms with van der Waals surface area (Å²) < 4.78 is 2.09. The molecule has 158 valence electrons. The van der Waals surface area contributed by atoms with Crippen molar-refractivity contribution in [3.63, 3.8) is 0 Å². The summed E-state index contributed by atoms with van der Waals surface area (Å²) in [5, 5.41) is 14.6. The lowest BCUT2D eigenvalue weighted by atomic mass is 10.0. The Kier molecular flexibility index (Phi) is 7.17. The molecule has 2 aromatic carbocycles. The maximum Gasteiger partial charge on any atom is 0.230 e. The fourth-order valence-corrected chi connectivity index (χ4v) is 4.72. The molecule has 4 aromatic rings. The maximum atomic E-state index is 12.5. The molecular formula is C24H24N4OS2. The van der Waals surface area contributed by atoms with E-state index in [0.717, 1.165) is 15.9 Å². The molecule has 4 rings (SSSR count). The number of thiophene rings is 1. The number of amides is 1. The molecule has 0 aliphatic carbocycles. The van der Waals surface area contributed by atoms with Gasteiger partial charge in [-0.3, -0.25) is 9.36 Å². The van der Waals surface area contributed by atoms with Gasteiger partial charge in [0.1, 0.15) is 0 Å². The van der Waals surface area contributed by atoms with Crippen molar-refractivity contribution >= 4 is 29.0 Å². The number of thioether (sulfide) groups is 1. The fraction of sp³-hybridized carbons (Fsp3) is 0.208. The molecule has 0 radical (unpaired) electrons. The Labute approximate surface area is 190 Å². The SMILES string of the molecule is CC(CNC(=O)CSc1nnc(-c2cccs2)n1Cc1ccccc1)c1ccccc1. The summed E-state index contributed by atoms with van der Waals surface area (Å²) in [6.45, 7) is 3.39. The van der Waals surface area contributed by atoms with Crippen LogP contribution >= 0.6 is 23.1 Å². The number of hydrogen-bond acceptors (Lipinski definition) is 5. The number of hydrogen-bond donors (Lipinski definition) is 1. The van der Waals surface area contributed by atoms with Crippen LogP contribution in [0.2, 0.25) is 0 Å². The molecule has 0 bridgehead atoms. The van der Waals surface area contributed by atoms with E-state index in [1.807, 2.05) is 53.9 Å². The quantitative estimate of drug-likeness (QED) is 0.363. The Hall–Kier alpha value is -2.90. The number of nitrogens with zero attached hydrogens (tertiary/aromatic N) is 3. The van der Waals surface area contributed by atoms with Crippen molar-refractivity contribution in [1.82, 2.24) is 20.1 Å². The van der Waals surface area contributed by atoms with Gasteiger partial charge in [0.25, 0.3) is 0 Å². The lowest BCUT2D eigenvalue weighted by molar-refractivity contribution is -0.118. The van der Waals surface area contributed by atoms with E-state index in [0.29, 0.717) is 18.8 Å². The van der Waals surface area contributed by atoms with Gasteiger partial charge in [0, 0.05) is 6.54 Å². The normalized spacial score (nSPS) is 11.9. The van der Waals surface area contributed by atoms with Gasteiger partial charge in [-0.15, -0.1) is 21.5 Å². The summed E-state index contributed by atoms with van der Waals surface area (Å²) in [6, 6.07) is 24.5. The monoisotopic (exact) mass is 448 g/mol. The molecule has 0 aliphatic heterocycles. The average molecular weight is 449 g/mol. The molecule has 0 fully saturated rings. The minimum atomic E-state index is -0.000263. The highest BCUT2D eigenvalue weighted by Crippen LogP contribution is 2.28. The standard InChI is InChI=1S/C24H24N4OS2/c1-18(20-11-6-3-7-12-20)15-25-22(29)17-31-24-27-26-23(21-13-8-14-30-21)28(24)16-19-9-4-2-5-10-19/h2-14,18H,15-17H2,1H3,(H,25,29). The second-order valence-electron chi connectivity index (χ2n) is 7.26. The van der Waals surface area contributed by atoms with Crippen LogP contribution < -0.4 is 5.32 Å². The van der Waals surface area contributed by atoms with Crippen LogP contribution in [0.5, 0.6) is 0 Å². The first kappa shape index (κ1) is 21.3. The molecule has 31 heavy (non-hydrogen) atoms. The van der Waals surface area contributed by atoms with E-state index >= 15 is 0 Å². The molecular weight excluding hydrogens is 424 g/mol. The number of carbonyl (C=O) groups excluding carboxylic acids is 1. The van der Waals surface area contributed by atoms with Crippen LogP contribution in [0.1, 0.15) is 24.0 Å². The van der Waals surface area contributed by atoms with E-state index in [2.05, 4.69) is 51.3 Å². The highest BCUT2D eigenvalue weighted by Gasteiger charge is 2.17. The molecule has 5 nitrogen and oxygen atoms in total. The van der Waals surface area contributed by atoms with Crippen LogP contribution in [0.25, 0.3) is 10.7 Å². The van der Waals surface area contributed by atoms with E-state index in [1.165, 1.54) is 22.9 Å². The van der Waals surface area contributed by atoms with Gasteiger partial charge in [-0.25, -0.2) is 0 Å². The number of nitrogens with one attached hydrogen (secondary N) is 1. The summed E-state index contributed by atoms with van der Waals surface area (Å²) in [7, 11) is 0. The number of carbonyl (C=O) groups is 1. The van der Waals surface area contributed by atoms with E-state index in [-0.39, 0.29) is 11.8 Å². The van der Waals surface area contributed by atoms with Crippen molar-refractivity contribution < 1.29 is 4.79 Å². The molecule has 1 atom stereocenters. The largest absolute Gasteiger partial charge is 0.355 e. The van der Waals surface area contributed by atoms with Crippen LogP contribution in [-0.4, -0.2) is 33.0 Å². The van der Waals surface area contributed by atoms with E-state index in [4.69, 9.17) is 0 Å². The zero-order valence-corrected chi connectivity index (χ0v) is 18.9. The predicted molar refractivity (Wildman–Crippen MR) is 127 cm³/mol. The summed E-state index contributed by atoms with van der Waals surface area (Å²) in [4.78, 5) is 13.5. The Morgan fingerprint density at radius 3 is 2.48 bits per heavy atom. The van der Waals surface area contributed by atoms with Crippen LogP contribution in [0.4, 0.5) is 0 Å². The zero-order valence-electron chi connectivity index (χ0n) is 17.3. The maximum absolute atomic E-state index is 12.5. The minimum absolute atomic E-state index is 0.000263. The fourth-order valence-electron chi connectivity index (χ4n) is 3.24. The van der Waals surface area contributed by atoms with Crippen molar-refractivity contribution in [3.8, 4) is 10.7 Å². The highest BCUT2D eigenvalue weighted by atomic mass is 32.2. The molecule has 1 unspecified atom stereocenters. The van der Waals surface area contributed by atoms with Crippen LogP contribution in [0.3, 0.4) is 0 Å². The first-order valence-electron chi connectivity index (χ1n) is 10.2. The predicted octanol–water partition coefficient (Wildman–Crippen LogP) is 5.07. The van der Waals surface area contributed by atoms with Crippen molar-refractivity contribution in [3.05, 3.63) is 89.3 Å². The topological polar surface area (TPSA) is 59.8 Å². The molecule has 1 N–H and O–H groups in total. The summed E-state index contributed by atoms with van der Waals surface area (Å²) in [6.07, 6.45) is 0. The molecule has 2 heterocycles. The molecule has 0 spiro atoms. The zero-order chi connectivity index (χ0) is 21.5. The van der Waals surface area contributed by atoms with Gasteiger partial charge in [-0.1, -0.05) is 85.4 Å². The third kappa shape index (κ3) is 5.62. The van der Waals surface area contributed by atoms with E-state index in [9.17, 15) is 4.79 Å². The van der Waals surface area contributed by atoms with Crippen molar-refractivity contribution in [2.45, 2.75) is 24.5 Å². The molecule has 1 amide bonds. The van der Waals surface area contributed by atoms with Gasteiger partial charge in [-0.05, 0) is 28.5 Å². The van der Waals surface area contributed by atoms with E-state index < -0.39 is 0 Å². The van der Waals surface area contributed by atoms with Gasteiger partial charge in [0.2, 0.25) is 5.91 Å². The molecule has 2 aromatic heterocycles. The van der Waals surface area contributed by atoms with Gasteiger partial charge in [0.15, 0.2) is 11.0 Å². The first-order chi connectivity index (χ1) is 15.2. The third-order valence-corrected chi connectivity index (χ3v) is 6.78. The second kappa shape index (κ2) is 10.4. The smallest absolute Gasteiger partial charge is 0.230 e. The Balaban J connectivity index is 1.41. The Morgan fingerprint density at radius 1 is 1.03 bits per heavy atom. The third-order valence-electron chi connectivity index (χ3n) is 4.95. The summed E-state index contributed by atoms with van der Waals surface area (Å²) in [5.41, 5.74) is 2.39. The number of benzene rings is 2. The Morgan fingerprint density at radius 2 is 1.77 bits per heavy atom. The van der Waals surface area contributed by atoms with Gasteiger partial charge in [0.05, 0.1) is 17.2 Å². The van der Waals surface area contributed by atoms with Crippen molar-refractivity contribution in [2.24, 2.45) is 0 Å². The number of rotatable bonds is 9. The first-order valence-corrected chi connectivity index (χ1v) is 12.0. The number of aromatic nitrogens is 3.